The third-order valence-electron chi connectivity index (χ3n) is 13.0. The summed E-state index contributed by atoms with van der Waals surface area (Å²) < 4.78 is 31.5. The van der Waals surface area contributed by atoms with Crippen LogP contribution >= 0.6 is 11.3 Å². The van der Waals surface area contributed by atoms with E-state index in [4.69, 9.17) is 23.7 Å². The van der Waals surface area contributed by atoms with Gasteiger partial charge in [0.1, 0.15) is 35.9 Å². The van der Waals surface area contributed by atoms with Crippen LogP contribution in [0.5, 0.6) is 17.2 Å². The van der Waals surface area contributed by atoms with Gasteiger partial charge in [0.05, 0.1) is 73.8 Å². The molecule has 382 valence electrons. The lowest BCUT2D eigenvalue weighted by Gasteiger charge is -2.35. The van der Waals surface area contributed by atoms with E-state index in [2.05, 4.69) is 30.4 Å². The molecule has 71 heavy (non-hydrogen) atoms. The number of amides is 3. The van der Waals surface area contributed by atoms with Crippen LogP contribution in [-0.2, 0) is 44.0 Å². The van der Waals surface area contributed by atoms with Crippen LogP contribution in [0.2, 0.25) is 0 Å². The van der Waals surface area contributed by atoms with Crippen molar-refractivity contribution in [2.45, 2.75) is 72.3 Å². The van der Waals surface area contributed by atoms with E-state index in [0.717, 1.165) is 88.0 Å². The molecule has 0 saturated carbocycles. The molecule has 0 bridgehead atoms. The summed E-state index contributed by atoms with van der Waals surface area (Å²) in [5.41, 5.74) is 6.40. The number of ether oxygens (including phenoxy) is 5. The van der Waals surface area contributed by atoms with Gasteiger partial charge in [-0.2, -0.15) is 0 Å². The second-order valence-corrected chi connectivity index (χ2v) is 20.0. The molecule has 0 radical (unpaired) electrons. The first-order valence-corrected chi connectivity index (χ1v) is 24.9. The number of hydrogen-bond donors (Lipinski definition) is 3. The largest absolute Gasteiger partial charge is 0.496 e. The molecule has 3 unspecified atom stereocenters. The number of pyridine rings is 2. The first-order chi connectivity index (χ1) is 34.1. The Morgan fingerprint density at radius 1 is 0.901 bits per heavy atom. The number of thiazole rings is 1. The fraction of sp³-hybridized carbons (Fsp3) is 0.500. The lowest BCUT2D eigenvalue weighted by atomic mass is 9.85. The van der Waals surface area contributed by atoms with Gasteiger partial charge in [0.2, 0.25) is 17.7 Å². The minimum Gasteiger partial charge on any atom is -0.496 e. The van der Waals surface area contributed by atoms with Gasteiger partial charge in [0, 0.05) is 102 Å². The number of carbonyl (C=O) groups excluding carboxylic acids is 3. The number of methoxy groups -OCH3 is 2. The Morgan fingerprint density at radius 2 is 1.58 bits per heavy atom. The van der Waals surface area contributed by atoms with Crippen molar-refractivity contribution in [2.75, 3.05) is 86.5 Å². The number of aromatic nitrogens is 3. The molecule has 19 heteroatoms. The fourth-order valence-corrected chi connectivity index (χ4v) is 9.94. The van der Waals surface area contributed by atoms with Gasteiger partial charge in [-0.3, -0.25) is 34.0 Å². The van der Waals surface area contributed by atoms with E-state index in [9.17, 15) is 24.3 Å². The Labute approximate surface area is 419 Å². The molecule has 2 saturated heterocycles. The Bertz CT molecular complexity index is 2690. The van der Waals surface area contributed by atoms with E-state index in [-0.39, 0.29) is 37.6 Å². The summed E-state index contributed by atoms with van der Waals surface area (Å²) in [5.74, 6) is 0.862. The van der Waals surface area contributed by atoms with Gasteiger partial charge in [0.15, 0.2) is 0 Å². The summed E-state index contributed by atoms with van der Waals surface area (Å²) in [6, 6.07) is 9.92. The zero-order valence-corrected chi connectivity index (χ0v) is 42.9. The molecule has 5 aromatic rings. The van der Waals surface area contributed by atoms with Crippen molar-refractivity contribution < 1.29 is 43.2 Å². The highest BCUT2D eigenvalue weighted by molar-refractivity contribution is 7.13. The molecular weight excluding hydrogens is 929 g/mol. The molecule has 0 aliphatic carbocycles. The molecule has 2 aliphatic rings. The van der Waals surface area contributed by atoms with E-state index in [0.29, 0.717) is 44.1 Å². The SMILES string of the molecule is COc1cc(-c2cn(C)c(=O)c3cnccc23)cc(OC)c1CN1CCN(CCOCCOCCOc2cc(-c3scnc3C)ccc2CNC(=O)C2CC(O)CN2C(=O)C(NC(C)=O)C(C)(C)C)CC1. The molecule has 18 nitrogen and oxygen atoms in total. The number of nitrogens with zero attached hydrogens (tertiary/aromatic N) is 6. The van der Waals surface area contributed by atoms with Crippen molar-refractivity contribution >= 4 is 39.8 Å². The van der Waals surface area contributed by atoms with Gasteiger partial charge in [0.25, 0.3) is 5.56 Å². The zero-order valence-electron chi connectivity index (χ0n) is 42.1. The van der Waals surface area contributed by atoms with Crippen LogP contribution in [0.4, 0.5) is 0 Å². The molecule has 7 rings (SSSR count). The van der Waals surface area contributed by atoms with Gasteiger partial charge >= 0.3 is 0 Å². The lowest BCUT2D eigenvalue weighted by molar-refractivity contribution is -0.143. The summed E-state index contributed by atoms with van der Waals surface area (Å²) >= 11 is 1.53. The first kappa shape index (κ1) is 52.9. The predicted molar refractivity (Wildman–Crippen MR) is 272 cm³/mol. The van der Waals surface area contributed by atoms with Gasteiger partial charge in [-0.1, -0.05) is 32.9 Å². The molecule has 0 spiro atoms. The highest BCUT2D eigenvalue weighted by Gasteiger charge is 2.44. The van der Waals surface area contributed by atoms with Crippen LogP contribution in [0.25, 0.3) is 32.3 Å². The Hall–Kier alpha value is -5.96. The maximum absolute atomic E-state index is 13.7. The van der Waals surface area contributed by atoms with Crippen molar-refractivity contribution in [3.63, 3.8) is 0 Å². The van der Waals surface area contributed by atoms with Crippen LogP contribution in [-0.4, -0.2) is 157 Å². The number of aryl methyl sites for hydroxylation is 2. The van der Waals surface area contributed by atoms with Crippen molar-refractivity contribution in [2.24, 2.45) is 12.5 Å². The fourth-order valence-electron chi connectivity index (χ4n) is 9.14. The Balaban J connectivity index is 0.850. The van der Waals surface area contributed by atoms with Crippen molar-refractivity contribution in [3.8, 4) is 38.8 Å². The van der Waals surface area contributed by atoms with E-state index in [1.165, 1.54) is 23.2 Å². The molecule has 3 amide bonds. The third-order valence-corrected chi connectivity index (χ3v) is 14.0. The standard InChI is InChI=1S/C52H68N8O10S/c1-33-47(71-32-55-33)35-9-10-36(27-54-49(63)43-26-38(62)29-60(43)51(65)48(52(3,4)5)56-34(2)61)44(23-35)70-22-21-69-20-19-68-18-17-58-13-15-59(16-14-58)31-42-45(66-7)24-37(25-46(42)67-8)41-30-57(6)50(64)40-28-53-12-11-39(40)41/h9-12,23-25,28,30,32,38,43,48,62H,13-22,26-27,29,31H2,1-8H3,(H,54,63)(H,56,61). The summed E-state index contributed by atoms with van der Waals surface area (Å²) in [6.45, 7) is 16.0. The summed E-state index contributed by atoms with van der Waals surface area (Å²) in [7, 11) is 5.08. The molecule has 2 fully saturated rings. The van der Waals surface area contributed by atoms with E-state index >= 15 is 0 Å². The molecule has 2 aliphatic heterocycles. The first-order valence-electron chi connectivity index (χ1n) is 24.0. The second-order valence-electron chi connectivity index (χ2n) is 19.1. The minimum absolute atomic E-state index is 0.00567. The zero-order chi connectivity index (χ0) is 50.8. The Kier molecular flexibility index (Phi) is 17.8. The van der Waals surface area contributed by atoms with Crippen LogP contribution in [0.3, 0.4) is 0 Å². The molecule has 3 N–H and O–H groups in total. The number of β-amino-alcohol motifs (C(OH)–C–C–N with tert-alkyl or cyclic N) is 1. The number of piperazine rings is 1. The average molecular weight is 997 g/mol. The second kappa shape index (κ2) is 24.0. The highest BCUT2D eigenvalue weighted by atomic mass is 32.1. The number of carbonyl (C=O) groups is 3. The maximum atomic E-state index is 13.7. The smallest absolute Gasteiger partial charge is 0.259 e. The lowest BCUT2D eigenvalue weighted by Crippen LogP contribution is -2.57. The average Bonchev–Trinajstić information content (AvgIpc) is 3.98. The van der Waals surface area contributed by atoms with Crippen molar-refractivity contribution in [1.29, 1.82) is 0 Å². The van der Waals surface area contributed by atoms with E-state index in [1.54, 1.807) is 43.7 Å². The number of likely N-dealkylation sites (tertiary alicyclic amines) is 1. The monoisotopic (exact) mass is 996 g/mol. The molecule has 3 aromatic heterocycles. The molecular formula is C52H68N8O10S. The maximum Gasteiger partial charge on any atom is 0.259 e. The highest BCUT2D eigenvalue weighted by Crippen LogP contribution is 2.38. The van der Waals surface area contributed by atoms with Gasteiger partial charge < -0.3 is 48.9 Å². The predicted octanol–water partition coefficient (Wildman–Crippen LogP) is 4.41. The van der Waals surface area contributed by atoms with Gasteiger partial charge in [-0.05, 0) is 53.1 Å². The molecule has 5 heterocycles. The number of fused-ring (bicyclic) bond motifs is 1. The number of hydrogen-bond acceptors (Lipinski definition) is 15. The molecule has 3 atom stereocenters. The topological polar surface area (TPSA) is 199 Å². The summed E-state index contributed by atoms with van der Waals surface area (Å²) in [6.07, 6.45) is 4.36. The number of aliphatic hydroxyl groups is 1. The van der Waals surface area contributed by atoms with Crippen LogP contribution in [0.15, 0.2) is 65.3 Å². The minimum atomic E-state index is -0.904. The normalized spacial score (nSPS) is 17.1. The van der Waals surface area contributed by atoms with E-state index in [1.807, 2.05) is 70.3 Å². The van der Waals surface area contributed by atoms with E-state index < -0.39 is 35.4 Å². The van der Waals surface area contributed by atoms with Crippen LogP contribution < -0.4 is 30.4 Å². The molecule has 2 aromatic carbocycles. The van der Waals surface area contributed by atoms with Crippen LogP contribution in [0.1, 0.15) is 50.9 Å². The van der Waals surface area contributed by atoms with Gasteiger partial charge in [-0.25, -0.2) is 4.98 Å². The van der Waals surface area contributed by atoms with Crippen molar-refractivity contribution in [1.82, 2.24) is 39.9 Å². The summed E-state index contributed by atoms with van der Waals surface area (Å²) in [5, 5.41) is 17.6. The number of nitrogens with one attached hydrogen (secondary N) is 2. The van der Waals surface area contributed by atoms with Crippen LogP contribution in [0, 0.1) is 12.3 Å². The number of rotatable bonds is 21. The van der Waals surface area contributed by atoms with Crippen molar-refractivity contribution in [3.05, 3.63) is 87.7 Å². The number of aliphatic hydroxyl groups excluding tert-OH is 1. The third kappa shape index (κ3) is 13.1. The number of benzene rings is 2. The van der Waals surface area contributed by atoms with Gasteiger partial charge in [-0.15, -0.1) is 11.3 Å². The summed E-state index contributed by atoms with van der Waals surface area (Å²) in [4.78, 5) is 68.0. The quantitative estimate of drug-likeness (QED) is 0.0874. The Morgan fingerprint density at radius 3 is 2.24 bits per heavy atom.